The van der Waals surface area contributed by atoms with Crippen LogP contribution in [-0.4, -0.2) is 19.8 Å². The number of fused-ring (bicyclic) bond motifs is 1. The molecule has 26 heavy (non-hydrogen) atoms. The van der Waals surface area contributed by atoms with Gasteiger partial charge in [0.25, 0.3) is 0 Å². The Morgan fingerprint density at radius 1 is 1.04 bits per heavy atom. The highest BCUT2D eigenvalue weighted by Gasteiger charge is 2.15. The van der Waals surface area contributed by atoms with Crippen LogP contribution in [0.4, 0.5) is 0 Å². The Labute approximate surface area is 152 Å². The Morgan fingerprint density at radius 3 is 2.65 bits per heavy atom. The van der Waals surface area contributed by atoms with E-state index in [1.807, 2.05) is 49.4 Å². The van der Waals surface area contributed by atoms with E-state index < -0.39 is 0 Å². The standard InChI is InChI=1S/C22H22O4/c1-15-4-2-3-5-18(15)20-13-22(23)26-21-12-17(6-7-19(20)21)25-14-16-8-10-24-11-9-16/h2-7,12-13,16H,8-11,14H2,1H3. The van der Waals surface area contributed by atoms with Crippen LogP contribution in [0.5, 0.6) is 5.75 Å². The number of hydrogen-bond donors (Lipinski definition) is 0. The molecule has 0 atom stereocenters. The zero-order valence-electron chi connectivity index (χ0n) is 14.9. The van der Waals surface area contributed by atoms with Gasteiger partial charge in [0.1, 0.15) is 11.3 Å². The van der Waals surface area contributed by atoms with Crippen LogP contribution in [-0.2, 0) is 4.74 Å². The fraction of sp³-hybridized carbons (Fsp3) is 0.318. The van der Waals surface area contributed by atoms with E-state index in [1.54, 1.807) is 6.07 Å². The van der Waals surface area contributed by atoms with Crippen LogP contribution in [0.3, 0.4) is 0 Å². The lowest BCUT2D eigenvalue weighted by Crippen LogP contribution is -2.21. The van der Waals surface area contributed by atoms with Crippen molar-refractivity contribution in [3.63, 3.8) is 0 Å². The van der Waals surface area contributed by atoms with E-state index >= 15 is 0 Å². The summed E-state index contributed by atoms with van der Waals surface area (Å²) in [6.45, 7) is 4.32. The number of hydrogen-bond acceptors (Lipinski definition) is 4. The summed E-state index contributed by atoms with van der Waals surface area (Å²) in [5.74, 6) is 1.25. The molecule has 4 heteroatoms. The Hall–Kier alpha value is -2.59. The minimum atomic E-state index is -0.350. The van der Waals surface area contributed by atoms with E-state index in [9.17, 15) is 4.79 Å². The molecule has 0 N–H and O–H groups in total. The normalized spacial score (nSPS) is 15.3. The maximum absolute atomic E-state index is 12.1. The van der Waals surface area contributed by atoms with E-state index in [0.717, 1.165) is 53.9 Å². The van der Waals surface area contributed by atoms with Crippen molar-refractivity contribution in [1.82, 2.24) is 0 Å². The third-order valence-corrected chi connectivity index (χ3v) is 4.98. The van der Waals surface area contributed by atoms with E-state index in [1.165, 1.54) is 0 Å². The van der Waals surface area contributed by atoms with Crippen LogP contribution in [0.2, 0.25) is 0 Å². The summed E-state index contributed by atoms with van der Waals surface area (Å²) in [6.07, 6.45) is 2.06. The minimum absolute atomic E-state index is 0.350. The van der Waals surface area contributed by atoms with Crippen molar-refractivity contribution in [3.8, 4) is 16.9 Å². The zero-order valence-corrected chi connectivity index (χ0v) is 14.9. The largest absolute Gasteiger partial charge is 0.493 e. The van der Waals surface area contributed by atoms with Crippen LogP contribution < -0.4 is 10.4 Å². The second kappa shape index (κ2) is 7.34. The van der Waals surface area contributed by atoms with Crippen LogP contribution in [0, 0.1) is 12.8 Å². The third-order valence-electron chi connectivity index (χ3n) is 4.98. The summed E-state index contributed by atoms with van der Waals surface area (Å²) in [6, 6.07) is 15.3. The number of benzene rings is 2. The first-order valence-electron chi connectivity index (χ1n) is 9.05. The Bertz CT molecular complexity index is 967. The molecule has 134 valence electrons. The molecule has 0 saturated carbocycles. The lowest BCUT2D eigenvalue weighted by molar-refractivity contribution is 0.0497. The molecular weight excluding hydrogens is 328 g/mol. The molecule has 1 fully saturated rings. The molecule has 0 aliphatic carbocycles. The molecule has 1 aromatic heterocycles. The maximum atomic E-state index is 12.1. The van der Waals surface area contributed by atoms with Crippen molar-refractivity contribution in [3.05, 3.63) is 64.5 Å². The smallest absolute Gasteiger partial charge is 0.336 e. The fourth-order valence-electron chi connectivity index (χ4n) is 3.46. The first kappa shape index (κ1) is 16.9. The Kier molecular flexibility index (Phi) is 4.76. The molecule has 4 nitrogen and oxygen atoms in total. The summed E-state index contributed by atoms with van der Waals surface area (Å²) in [7, 11) is 0. The summed E-state index contributed by atoms with van der Waals surface area (Å²) in [5, 5.41) is 0.914. The summed E-state index contributed by atoms with van der Waals surface area (Å²) < 4.78 is 16.8. The van der Waals surface area contributed by atoms with E-state index in [-0.39, 0.29) is 5.63 Å². The second-order valence-corrected chi connectivity index (χ2v) is 6.82. The first-order valence-corrected chi connectivity index (χ1v) is 9.05. The zero-order chi connectivity index (χ0) is 17.9. The summed E-state index contributed by atoms with van der Waals surface area (Å²) >= 11 is 0. The molecular formula is C22H22O4. The number of ether oxygens (including phenoxy) is 2. The van der Waals surface area contributed by atoms with Crippen LogP contribution in [0.15, 0.2) is 57.7 Å². The van der Waals surface area contributed by atoms with Crippen molar-refractivity contribution in [2.45, 2.75) is 19.8 Å². The highest BCUT2D eigenvalue weighted by atomic mass is 16.5. The van der Waals surface area contributed by atoms with Gasteiger partial charge in [0, 0.05) is 36.3 Å². The highest BCUT2D eigenvalue weighted by molar-refractivity contribution is 5.94. The van der Waals surface area contributed by atoms with Crippen molar-refractivity contribution in [2.75, 3.05) is 19.8 Å². The van der Waals surface area contributed by atoms with Crippen LogP contribution in [0.1, 0.15) is 18.4 Å². The number of aryl methyl sites for hydroxylation is 1. The van der Waals surface area contributed by atoms with Gasteiger partial charge in [0.2, 0.25) is 0 Å². The van der Waals surface area contributed by atoms with Gasteiger partial charge in [-0.3, -0.25) is 0 Å². The quantitative estimate of drug-likeness (QED) is 0.647. The molecule has 0 bridgehead atoms. The van der Waals surface area contributed by atoms with Gasteiger partial charge in [-0.25, -0.2) is 4.79 Å². The Balaban J connectivity index is 1.66. The molecule has 2 heterocycles. The predicted molar refractivity (Wildman–Crippen MR) is 102 cm³/mol. The maximum Gasteiger partial charge on any atom is 0.336 e. The van der Waals surface area contributed by atoms with E-state index in [2.05, 4.69) is 0 Å². The molecule has 0 unspecified atom stereocenters. The van der Waals surface area contributed by atoms with Crippen molar-refractivity contribution in [1.29, 1.82) is 0 Å². The van der Waals surface area contributed by atoms with Crippen molar-refractivity contribution < 1.29 is 13.9 Å². The van der Waals surface area contributed by atoms with Gasteiger partial charge in [0.15, 0.2) is 0 Å². The van der Waals surface area contributed by atoms with E-state index in [0.29, 0.717) is 18.1 Å². The monoisotopic (exact) mass is 350 g/mol. The van der Waals surface area contributed by atoms with Crippen molar-refractivity contribution >= 4 is 11.0 Å². The van der Waals surface area contributed by atoms with Gasteiger partial charge in [0.05, 0.1) is 6.61 Å². The minimum Gasteiger partial charge on any atom is -0.493 e. The average Bonchev–Trinajstić information content (AvgIpc) is 2.67. The lowest BCUT2D eigenvalue weighted by atomic mass is 9.98. The van der Waals surface area contributed by atoms with Crippen LogP contribution >= 0.6 is 0 Å². The van der Waals surface area contributed by atoms with Gasteiger partial charge < -0.3 is 13.9 Å². The van der Waals surface area contributed by atoms with Crippen molar-refractivity contribution in [2.24, 2.45) is 5.92 Å². The van der Waals surface area contributed by atoms with Gasteiger partial charge in [-0.1, -0.05) is 24.3 Å². The van der Waals surface area contributed by atoms with Gasteiger partial charge in [-0.15, -0.1) is 0 Å². The van der Waals surface area contributed by atoms with Gasteiger partial charge >= 0.3 is 5.63 Å². The fourth-order valence-corrected chi connectivity index (χ4v) is 3.46. The van der Waals surface area contributed by atoms with Gasteiger partial charge in [-0.2, -0.15) is 0 Å². The first-order chi connectivity index (χ1) is 12.7. The van der Waals surface area contributed by atoms with Gasteiger partial charge in [-0.05, 0) is 48.9 Å². The molecule has 3 aromatic rings. The average molecular weight is 350 g/mol. The molecule has 1 saturated heterocycles. The Morgan fingerprint density at radius 2 is 1.85 bits per heavy atom. The molecule has 1 aliphatic heterocycles. The predicted octanol–water partition coefficient (Wildman–Crippen LogP) is 4.57. The number of rotatable bonds is 4. The summed E-state index contributed by atoms with van der Waals surface area (Å²) in [4.78, 5) is 12.1. The highest BCUT2D eigenvalue weighted by Crippen LogP contribution is 2.31. The van der Waals surface area contributed by atoms with E-state index in [4.69, 9.17) is 13.9 Å². The topological polar surface area (TPSA) is 48.7 Å². The van der Waals surface area contributed by atoms with Crippen LogP contribution in [0.25, 0.3) is 22.1 Å². The molecule has 0 spiro atoms. The molecule has 2 aromatic carbocycles. The summed E-state index contributed by atoms with van der Waals surface area (Å²) in [5.41, 5.74) is 3.27. The third kappa shape index (κ3) is 3.51. The molecule has 0 radical (unpaired) electrons. The molecule has 1 aliphatic rings. The SMILES string of the molecule is Cc1ccccc1-c1cc(=O)oc2cc(OCC3CCOCC3)ccc12. The molecule has 0 amide bonds. The second-order valence-electron chi connectivity index (χ2n) is 6.82. The molecule has 4 rings (SSSR count). The lowest BCUT2D eigenvalue weighted by Gasteiger charge is -2.22.